The number of benzene rings is 1. The van der Waals surface area contributed by atoms with Crippen LogP contribution in [0.3, 0.4) is 0 Å². The first-order valence-corrected chi connectivity index (χ1v) is 9.95. The lowest BCUT2D eigenvalue weighted by Gasteiger charge is -2.25. The van der Waals surface area contributed by atoms with Crippen LogP contribution in [0.5, 0.6) is 5.75 Å². The zero-order valence-electron chi connectivity index (χ0n) is 15.5. The summed E-state index contributed by atoms with van der Waals surface area (Å²) < 4.78 is 5.61. The van der Waals surface area contributed by atoms with Crippen molar-refractivity contribution in [2.75, 3.05) is 19.7 Å². The number of aromatic nitrogens is 1. The Bertz CT molecular complexity index is 839. The summed E-state index contributed by atoms with van der Waals surface area (Å²) in [5.41, 5.74) is 3.86. The molecule has 3 aliphatic heterocycles. The van der Waals surface area contributed by atoms with Gasteiger partial charge < -0.3 is 9.64 Å². The number of carbonyl (C=O) groups excluding carboxylic acids is 1. The van der Waals surface area contributed by atoms with Gasteiger partial charge in [-0.1, -0.05) is 18.2 Å². The summed E-state index contributed by atoms with van der Waals surface area (Å²) >= 11 is 0. The van der Waals surface area contributed by atoms with Gasteiger partial charge in [0.2, 0.25) is 5.91 Å². The molecule has 140 valence electrons. The van der Waals surface area contributed by atoms with E-state index < -0.39 is 0 Å². The lowest BCUT2D eigenvalue weighted by molar-refractivity contribution is -0.129. The Morgan fingerprint density at radius 1 is 1.19 bits per heavy atom. The number of rotatable bonds is 5. The van der Waals surface area contributed by atoms with Crippen LogP contribution in [0.1, 0.15) is 29.5 Å². The smallest absolute Gasteiger partial charge is 0.224 e. The first-order chi connectivity index (χ1) is 13.3. The Balaban J connectivity index is 1.24. The van der Waals surface area contributed by atoms with Crippen molar-refractivity contribution in [2.24, 2.45) is 0 Å². The average molecular weight is 363 g/mol. The van der Waals surface area contributed by atoms with Crippen LogP contribution in [0.4, 0.5) is 0 Å². The van der Waals surface area contributed by atoms with Gasteiger partial charge in [-0.05, 0) is 41.7 Å². The quantitative estimate of drug-likeness (QED) is 0.819. The van der Waals surface area contributed by atoms with Crippen LogP contribution < -0.4 is 4.74 Å². The molecule has 5 rings (SSSR count). The first-order valence-electron chi connectivity index (χ1n) is 9.95. The predicted molar refractivity (Wildman–Crippen MR) is 103 cm³/mol. The molecule has 0 radical (unpaired) electrons. The maximum absolute atomic E-state index is 12.6. The van der Waals surface area contributed by atoms with E-state index in [1.54, 1.807) is 6.20 Å². The van der Waals surface area contributed by atoms with E-state index in [1.807, 2.05) is 12.3 Å². The highest BCUT2D eigenvalue weighted by Gasteiger charge is 2.46. The summed E-state index contributed by atoms with van der Waals surface area (Å²) in [6, 6.07) is 11.3. The standard InChI is InChI=1S/C22H25N3O2/c26-22-13-20-19(25(22)10-5-16-2-1-8-23-14-16)6-9-24(20)15-17-3-4-21-18(12-17)7-11-27-21/h1-4,8,12,14,19-20H,5-7,9-11,13,15H2/t19-,20-/m0/s1. The van der Waals surface area contributed by atoms with Gasteiger partial charge in [-0.25, -0.2) is 0 Å². The Morgan fingerprint density at radius 3 is 3.04 bits per heavy atom. The van der Waals surface area contributed by atoms with Crippen LogP contribution in [0.15, 0.2) is 42.7 Å². The zero-order valence-corrected chi connectivity index (χ0v) is 15.5. The molecule has 5 nitrogen and oxygen atoms in total. The van der Waals surface area contributed by atoms with Crippen LogP contribution in [0.2, 0.25) is 0 Å². The molecule has 1 amide bonds. The van der Waals surface area contributed by atoms with Crippen LogP contribution >= 0.6 is 0 Å². The molecule has 5 heteroatoms. The lowest BCUT2D eigenvalue weighted by Crippen LogP contribution is -2.38. The van der Waals surface area contributed by atoms with Crippen molar-refractivity contribution >= 4 is 5.91 Å². The number of likely N-dealkylation sites (tertiary alicyclic amines) is 2. The number of hydrogen-bond donors (Lipinski definition) is 0. The minimum atomic E-state index is 0.306. The van der Waals surface area contributed by atoms with Gasteiger partial charge in [0.15, 0.2) is 0 Å². The Labute approximate surface area is 159 Å². The summed E-state index contributed by atoms with van der Waals surface area (Å²) in [6.07, 6.45) is 7.32. The molecule has 2 atom stereocenters. The highest BCUT2D eigenvalue weighted by molar-refractivity contribution is 5.80. The molecule has 0 aliphatic carbocycles. The number of amides is 1. The second-order valence-electron chi connectivity index (χ2n) is 7.84. The van der Waals surface area contributed by atoms with E-state index in [0.717, 1.165) is 51.3 Å². The van der Waals surface area contributed by atoms with Crippen LogP contribution in [-0.4, -0.2) is 52.5 Å². The molecule has 2 aromatic rings. The van der Waals surface area contributed by atoms with Crippen molar-refractivity contribution in [3.8, 4) is 5.75 Å². The van der Waals surface area contributed by atoms with Crippen molar-refractivity contribution in [1.29, 1.82) is 0 Å². The monoisotopic (exact) mass is 363 g/mol. The van der Waals surface area contributed by atoms with Gasteiger partial charge in [-0.15, -0.1) is 0 Å². The van der Waals surface area contributed by atoms with E-state index in [-0.39, 0.29) is 0 Å². The highest BCUT2D eigenvalue weighted by Crippen LogP contribution is 2.34. The summed E-state index contributed by atoms with van der Waals surface area (Å²) in [5.74, 6) is 1.34. The predicted octanol–water partition coefficient (Wildman–Crippen LogP) is 2.43. The second kappa shape index (κ2) is 6.97. The maximum Gasteiger partial charge on any atom is 0.224 e. The van der Waals surface area contributed by atoms with Crippen LogP contribution in [0.25, 0.3) is 0 Å². The summed E-state index contributed by atoms with van der Waals surface area (Å²) in [7, 11) is 0. The number of hydrogen-bond acceptors (Lipinski definition) is 4. The first kappa shape index (κ1) is 16.8. The zero-order chi connectivity index (χ0) is 18.2. The number of fused-ring (bicyclic) bond motifs is 2. The van der Waals surface area contributed by atoms with Crippen molar-refractivity contribution < 1.29 is 9.53 Å². The maximum atomic E-state index is 12.6. The van der Waals surface area contributed by atoms with Gasteiger partial charge in [0.05, 0.1) is 6.61 Å². The Morgan fingerprint density at radius 2 is 2.15 bits per heavy atom. The van der Waals surface area contributed by atoms with Crippen molar-refractivity contribution in [3.05, 3.63) is 59.4 Å². The molecule has 3 aliphatic rings. The largest absolute Gasteiger partial charge is 0.493 e. The molecule has 27 heavy (non-hydrogen) atoms. The van der Waals surface area contributed by atoms with E-state index in [9.17, 15) is 4.79 Å². The van der Waals surface area contributed by atoms with Crippen molar-refractivity contribution in [1.82, 2.24) is 14.8 Å². The second-order valence-corrected chi connectivity index (χ2v) is 7.84. The molecule has 0 N–H and O–H groups in total. The highest BCUT2D eigenvalue weighted by atomic mass is 16.5. The molecule has 1 aromatic heterocycles. The topological polar surface area (TPSA) is 45.7 Å². The van der Waals surface area contributed by atoms with Gasteiger partial charge in [0.25, 0.3) is 0 Å². The van der Waals surface area contributed by atoms with Gasteiger partial charge >= 0.3 is 0 Å². The summed E-state index contributed by atoms with van der Waals surface area (Å²) in [6.45, 7) is 3.60. The SMILES string of the molecule is O=C1C[C@H]2[C@H](CCN2Cc2ccc3c(c2)CCO3)N1CCc1cccnc1. The van der Waals surface area contributed by atoms with Crippen LogP contribution in [0, 0.1) is 0 Å². The molecule has 2 saturated heterocycles. The molecular formula is C22H25N3O2. The van der Waals surface area contributed by atoms with Gasteiger partial charge in [-0.2, -0.15) is 0 Å². The summed E-state index contributed by atoms with van der Waals surface area (Å²) in [5, 5.41) is 0. The van der Waals surface area contributed by atoms with E-state index in [4.69, 9.17) is 4.74 Å². The third kappa shape index (κ3) is 3.21. The van der Waals surface area contributed by atoms with Gasteiger partial charge in [0.1, 0.15) is 5.75 Å². The molecule has 0 saturated carbocycles. The molecule has 0 spiro atoms. The number of pyridine rings is 1. The lowest BCUT2D eigenvalue weighted by atomic mass is 10.1. The minimum absolute atomic E-state index is 0.306. The van der Waals surface area contributed by atoms with E-state index >= 15 is 0 Å². The molecule has 0 bridgehead atoms. The van der Waals surface area contributed by atoms with Gasteiger partial charge in [0, 0.05) is 57.0 Å². The van der Waals surface area contributed by atoms with E-state index in [1.165, 1.54) is 16.7 Å². The molecule has 4 heterocycles. The third-order valence-corrected chi connectivity index (χ3v) is 6.23. The third-order valence-electron chi connectivity index (χ3n) is 6.23. The molecule has 2 fully saturated rings. The van der Waals surface area contributed by atoms with Crippen molar-refractivity contribution in [3.63, 3.8) is 0 Å². The fraction of sp³-hybridized carbons (Fsp3) is 0.455. The number of ether oxygens (including phenoxy) is 1. The number of carbonyl (C=O) groups is 1. The molecular weight excluding hydrogens is 338 g/mol. The molecule has 0 unspecified atom stereocenters. The Kier molecular flexibility index (Phi) is 4.32. The minimum Gasteiger partial charge on any atom is -0.493 e. The van der Waals surface area contributed by atoms with Gasteiger partial charge in [-0.3, -0.25) is 14.7 Å². The average Bonchev–Trinajstić information content (AvgIpc) is 3.37. The normalized spacial score (nSPS) is 24.1. The Hall–Kier alpha value is -2.40. The fourth-order valence-electron chi connectivity index (χ4n) is 4.86. The number of nitrogens with zero attached hydrogens (tertiary/aromatic N) is 3. The van der Waals surface area contributed by atoms with E-state index in [2.05, 4.69) is 39.0 Å². The summed E-state index contributed by atoms with van der Waals surface area (Å²) in [4.78, 5) is 21.4. The van der Waals surface area contributed by atoms with Crippen molar-refractivity contribution in [2.45, 2.75) is 44.3 Å². The fourth-order valence-corrected chi connectivity index (χ4v) is 4.86. The van der Waals surface area contributed by atoms with Crippen LogP contribution in [-0.2, 0) is 24.2 Å². The van der Waals surface area contributed by atoms with E-state index in [0.29, 0.717) is 24.4 Å². The molecule has 1 aromatic carbocycles.